The Kier molecular flexibility index (Phi) is 3.40. The zero-order valence-electron chi connectivity index (χ0n) is 7.90. The Morgan fingerprint density at radius 1 is 1.29 bits per heavy atom. The topological polar surface area (TPSA) is 57.2 Å². The normalized spacial score (nSPS) is 12.1. The summed E-state index contributed by atoms with van der Waals surface area (Å²) in [5, 5.41) is 10.4. The van der Waals surface area contributed by atoms with Crippen LogP contribution >= 0.6 is 0 Å². The van der Waals surface area contributed by atoms with Gasteiger partial charge in [-0.05, 0) is 12.5 Å². The van der Waals surface area contributed by atoms with E-state index >= 15 is 0 Å². The first kappa shape index (κ1) is 10.4. The zero-order chi connectivity index (χ0) is 10.6. The second-order valence-corrected chi connectivity index (χ2v) is 3.15. The van der Waals surface area contributed by atoms with Gasteiger partial charge < -0.3 is 9.90 Å². The lowest BCUT2D eigenvalue weighted by molar-refractivity contribution is -0.306. The minimum absolute atomic E-state index is 0.152. The van der Waals surface area contributed by atoms with Crippen molar-refractivity contribution in [3.8, 4) is 0 Å². The lowest BCUT2D eigenvalue weighted by Crippen LogP contribution is -2.26. The molecular formula is C11H11O3-. The number of hydrogen-bond donors (Lipinski definition) is 0. The molecule has 0 saturated heterocycles. The first-order valence-corrected chi connectivity index (χ1v) is 4.36. The van der Waals surface area contributed by atoms with Crippen LogP contribution in [-0.4, -0.2) is 11.8 Å². The molecule has 0 aliphatic heterocycles. The van der Waals surface area contributed by atoms with Gasteiger partial charge in [-0.25, -0.2) is 0 Å². The van der Waals surface area contributed by atoms with Crippen molar-refractivity contribution >= 4 is 11.8 Å². The standard InChI is InChI=1S/C11H12O3/c1-8(12)10(7-11(13)14)9-5-3-2-4-6-9/h2-6,10H,7H2,1H3,(H,13,14)/p-1/t10-/m0/s1. The highest BCUT2D eigenvalue weighted by molar-refractivity contribution is 5.87. The summed E-state index contributed by atoms with van der Waals surface area (Å²) < 4.78 is 0. The first-order chi connectivity index (χ1) is 6.61. The molecule has 14 heavy (non-hydrogen) atoms. The van der Waals surface area contributed by atoms with Gasteiger partial charge in [-0.2, -0.15) is 0 Å². The lowest BCUT2D eigenvalue weighted by Gasteiger charge is -2.14. The van der Waals surface area contributed by atoms with Crippen LogP contribution < -0.4 is 5.11 Å². The van der Waals surface area contributed by atoms with Gasteiger partial charge >= 0.3 is 0 Å². The summed E-state index contributed by atoms with van der Waals surface area (Å²) in [5.41, 5.74) is 0.726. The Balaban J connectivity index is 2.89. The maximum Gasteiger partial charge on any atom is 0.137 e. The monoisotopic (exact) mass is 191 g/mol. The number of rotatable bonds is 4. The van der Waals surface area contributed by atoms with Crippen molar-refractivity contribution in [2.45, 2.75) is 19.3 Å². The fourth-order valence-corrected chi connectivity index (χ4v) is 1.35. The Bertz CT molecular complexity index is 330. The average Bonchev–Trinajstić information content (AvgIpc) is 2.15. The minimum Gasteiger partial charge on any atom is -0.550 e. The number of hydrogen-bond acceptors (Lipinski definition) is 3. The van der Waals surface area contributed by atoms with Crippen molar-refractivity contribution in [1.82, 2.24) is 0 Å². The molecule has 1 aromatic carbocycles. The summed E-state index contributed by atoms with van der Waals surface area (Å²) in [6, 6.07) is 8.87. The van der Waals surface area contributed by atoms with Crippen LogP contribution in [-0.2, 0) is 9.59 Å². The summed E-state index contributed by atoms with van der Waals surface area (Å²) in [7, 11) is 0. The Labute approximate surface area is 82.4 Å². The van der Waals surface area contributed by atoms with Gasteiger partial charge in [0, 0.05) is 18.3 Å². The molecule has 0 aromatic heterocycles. The number of ketones is 1. The van der Waals surface area contributed by atoms with E-state index in [1.807, 2.05) is 6.07 Å². The van der Waals surface area contributed by atoms with Crippen LogP contribution in [0.5, 0.6) is 0 Å². The predicted molar refractivity (Wildman–Crippen MR) is 49.5 cm³/mol. The maximum atomic E-state index is 11.2. The van der Waals surface area contributed by atoms with Crippen LogP contribution in [0.25, 0.3) is 0 Å². The molecular weight excluding hydrogens is 180 g/mol. The van der Waals surface area contributed by atoms with Gasteiger partial charge in [0.15, 0.2) is 0 Å². The molecule has 0 heterocycles. The Morgan fingerprint density at radius 2 is 1.86 bits per heavy atom. The number of carboxylic acids is 1. The van der Waals surface area contributed by atoms with Crippen LogP contribution in [0.2, 0.25) is 0 Å². The Hall–Kier alpha value is -1.64. The van der Waals surface area contributed by atoms with Crippen molar-refractivity contribution in [3.63, 3.8) is 0 Å². The molecule has 3 heteroatoms. The molecule has 0 fully saturated rings. The van der Waals surface area contributed by atoms with Crippen molar-refractivity contribution in [2.24, 2.45) is 0 Å². The predicted octanol–water partition coefficient (Wildman–Crippen LogP) is 0.499. The Morgan fingerprint density at radius 3 is 2.29 bits per heavy atom. The molecule has 74 valence electrons. The minimum atomic E-state index is -1.20. The quantitative estimate of drug-likeness (QED) is 0.696. The van der Waals surface area contributed by atoms with Gasteiger partial charge in [0.1, 0.15) is 5.78 Å². The van der Waals surface area contributed by atoms with Crippen LogP contribution in [0.15, 0.2) is 30.3 Å². The van der Waals surface area contributed by atoms with Gasteiger partial charge in [-0.1, -0.05) is 30.3 Å². The number of carbonyl (C=O) groups is 2. The highest BCUT2D eigenvalue weighted by Crippen LogP contribution is 2.19. The fourth-order valence-electron chi connectivity index (χ4n) is 1.35. The van der Waals surface area contributed by atoms with E-state index < -0.39 is 11.9 Å². The van der Waals surface area contributed by atoms with E-state index in [0.29, 0.717) is 0 Å². The van der Waals surface area contributed by atoms with Crippen LogP contribution in [0.3, 0.4) is 0 Å². The maximum absolute atomic E-state index is 11.2. The van der Waals surface area contributed by atoms with Gasteiger partial charge in [0.2, 0.25) is 0 Å². The van der Waals surface area contributed by atoms with Crippen LogP contribution in [0, 0.1) is 0 Å². The van der Waals surface area contributed by atoms with E-state index in [4.69, 9.17) is 0 Å². The molecule has 1 atom stereocenters. The SMILES string of the molecule is CC(=O)[C@H](CC(=O)[O-])c1ccccc1. The van der Waals surface area contributed by atoms with Gasteiger partial charge in [-0.3, -0.25) is 4.79 Å². The van der Waals surface area contributed by atoms with E-state index in [-0.39, 0.29) is 12.2 Å². The average molecular weight is 191 g/mol. The molecule has 1 aromatic rings. The molecule has 0 amide bonds. The fraction of sp³-hybridized carbons (Fsp3) is 0.273. The van der Waals surface area contributed by atoms with Gasteiger partial charge in [-0.15, -0.1) is 0 Å². The molecule has 0 bridgehead atoms. The number of carboxylic acid groups (broad SMARTS) is 1. The van der Waals surface area contributed by atoms with Crippen molar-refractivity contribution in [3.05, 3.63) is 35.9 Å². The van der Waals surface area contributed by atoms with Crippen molar-refractivity contribution in [2.75, 3.05) is 0 Å². The molecule has 0 unspecified atom stereocenters. The molecule has 0 radical (unpaired) electrons. The third-order valence-electron chi connectivity index (χ3n) is 2.06. The second-order valence-electron chi connectivity index (χ2n) is 3.15. The highest BCUT2D eigenvalue weighted by Gasteiger charge is 2.16. The number of Topliss-reactive ketones (excluding diaryl/α,β-unsaturated/α-hetero) is 1. The van der Waals surface area contributed by atoms with E-state index in [0.717, 1.165) is 5.56 Å². The lowest BCUT2D eigenvalue weighted by atomic mass is 9.92. The molecule has 3 nitrogen and oxygen atoms in total. The summed E-state index contributed by atoms with van der Waals surface area (Å²) in [4.78, 5) is 21.6. The van der Waals surface area contributed by atoms with Crippen LogP contribution in [0.4, 0.5) is 0 Å². The smallest absolute Gasteiger partial charge is 0.137 e. The summed E-state index contributed by atoms with van der Waals surface area (Å²) in [5.74, 6) is -1.93. The highest BCUT2D eigenvalue weighted by atomic mass is 16.4. The zero-order valence-corrected chi connectivity index (χ0v) is 7.90. The van der Waals surface area contributed by atoms with E-state index in [2.05, 4.69) is 0 Å². The molecule has 0 aliphatic rings. The molecule has 0 N–H and O–H groups in total. The summed E-state index contributed by atoms with van der Waals surface area (Å²) in [6.45, 7) is 1.39. The molecule has 0 aliphatic carbocycles. The van der Waals surface area contributed by atoms with E-state index in [9.17, 15) is 14.7 Å². The number of benzene rings is 1. The first-order valence-electron chi connectivity index (χ1n) is 4.36. The third kappa shape index (κ3) is 2.69. The number of aliphatic carboxylic acids is 1. The second kappa shape index (κ2) is 4.56. The molecule has 0 saturated carbocycles. The molecule has 1 rings (SSSR count). The van der Waals surface area contributed by atoms with E-state index in [1.54, 1.807) is 24.3 Å². The van der Waals surface area contributed by atoms with Gasteiger partial charge in [0.05, 0.1) is 0 Å². The largest absolute Gasteiger partial charge is 0.550 e. The number of carbonyl (C=O) groups excluding carboxylic acids is 2. The van der Waals surface area contributed by atoms with Gasteiger partial charge in [0.25, 0.3) is 0 Å². The summed E-state index contributed by atoms with van der Waals surface area (Å²) in [6.07, 6.45) is -0.251. The van der Waals surface area contributed by atoms with E-state index in [1.165, 1.54) is 6.92 Å². The van der Waals surface area contributed by atoms with Crippen LogP contribution in [0.1, 0.15) is 24.8 Å². The van der Waals surface area contributed by atoms with Crippen molar-refractivity contribution < 1.29 is 14.7 Å². The van der Waals surface area contributed by atoms with Crippen molar-refractivity contribution in [1.29, 1.82) is 0 Å². The third-order valence-corrected chi connectivity index (χ3v) is 2.06. The summed E-state index contributed by atoms with van der Waals surface area (Å²) >= 11 is 0. The molecule has 0 spiro atoms.